The number of rotatable bonds is 6. The highest BCUT2D eigenvalue weighted by Crippen LogP contribution is 2.07. The van der Waals surface area contributed by atoms with Crippen molar-refractivity contribution in [3.63, 3.8) is 0 Å². The lowest BCUT2D eigenvalue weighted by molar-refractivity contribution is 0.122. The van der Waals surface area contributed by atoms with E-state index in [-0.39, 0.29) is 19.0 Å². The van der Waals surface area contributed by atoms with Gasteiger partial charge in [-0.15, -0.1) is 12.4 Å². The van der Waals surface area contributed by atoms with Crippen molar-refractivity contribution in [1.29, 1.82) is 0 Å². The van der Waals surface area contributed by atoms with Crippen LogP contribution in [0.25, 0.3) is 0 Å². The van der Waals surface area contributed by atoms with E-state index in [1.807, 2.05) is 18.2 Å². The first kappa shape index (κ1) is 15.4. The Balaban J connectivity index is 0.00000180. The molecule has 19 heavy (non-hydrogen) atoms. The first-order valence-corrected chi connectivity index (χ1v) is 5.82. The topological polar surface area (TPSA) is 29.9 Å². The van der Waals surface area contributed by atoms with Gasteiger partial charge in [0.05, 0.1) is 11.9 Å². The van der Waals surface area contributed by atoms with Gasteiger partial charge in [0, 0.05) is 12.7 Å². The fraction of sp³-hybridized carbons (Fsp3) is 0.308. The van der Waals surface area contributed by atoms with Gasteiger partial charge in [0.2, 0.25) is 0 Å². The lowest BCUT2D eigenvalue weighted by Gasteiger charge is -2.03. The van der Waals surface area contributed by atoms with Gasteiger partial charge in [0.25, 0.3) is 6.43 Å². The third-order valence-electron chi connectivity index (χ3n) is 2.54. The normalized spacial score (nSPS) is 10.3. The largest absolute Gasteiger partial charge is 0.382 e. The monoisotopic (exact) mass is 287 g/mol. The first-order chi connectivity index (χ1) is 8.74. The minimum Gasteiger partial charge on any atom is -0.382 e. The van der Waals surface area contributed by atoms with E-state index >= 15 is 0 Å². The maximum Gasteiger partial charge on any atom is 0.257 e. The van der Waals surface area contributed by atoms with Crippen molar-refractivity contribution in [2.75, 3.05) is 11.9 Å². The van der Waals surface area contributed by atoms with E-state index in [0.717, 1.165) is 18.7 Å². The van der Waals surface area contributed by atoms with Crippen LogP contribution < -0.4 is 5.32 Å². The van der Waals surface area contributed by atoms with Gasteiger partial charge < -0.3 is 5.32 Å². The number of nitrogens with zero attached hydrogens (tertiary/aromatic N) is 2. The van der Waals surface area contributed by atoms with Gasteiger partial charge in [0.15, 0.2) is 0 Å². The van der Waals surface area contributed by atoms with Crippen molar-refractivity contribution in [2.45, 2.75) is 19.4 Å². The molecule has 2 rings (SSSR count). The number of anilines is 1. The summed E-state index contributed by atoms with van der Waals surface area (Å²) < 4.78 is 25.5. The summed E-state index contributed by atoms with van der Waals surface area (Å²) in [4.78, 5) is 0. The highest BCUT2D eigenvalue weighted by atomic mass is 35.5. The number of hydrogen-bond acceptors (Lipinski definition) is 2. The van der Waals surface area contributed by atoms with Crippen LogP contribution in [0.15, 0.2) is 42.7 Å². The predicted molar refractivity (Wildman–Crippen MR) is 74.1 cm³/mol. The summed E-state index contributed by atoms with van der Waals surface area (Å²) >= 11 is 0. The molecule has 0 radical (unpaired) electrons. The van der Waals surface area contributed by atoms with Crippen LogP contribution in [0.5, 0.6) is 0 Å². The maximum atomic E-state index is 12.1. The molecular weight excluding hydrogens is 272 g/mol. The van der Waals surface area contributed by atoms with Gasteiger partial charge in [-0.1, -0.05) is 30.3 Å². The SMILES string of the molecule is Cl.FC(F)Cn1cc(NCCc2ccccc2)cn1. The molecule has 1 heterocycles. The molecule has 0 atom stereocenters. The summed E-state index contributed by atoms with van der Waals surface area (Å²) in [6.07, 6.45) is 1.67. The molecule has 2 aromatic rings. The minimum absolute atomic E-state index is 0. The van der Waals surface area contributed by atoms with Gasteiger partial charge in [-0.3, -0.25) is 4.68 Å². The van der Waals surface area contributed by atoms with Crippen molar-refractivity contribution in [2.24, 2.45) is 0 Å². The number of aromatic nitrogens is 2. The molecule has 0 spiro atoms. The molecule has 0 amide bonds. The third-order valence-corrected chi connectivity index (χ3v) is 2.54. The van der Waals surface area contributed by atoms with Crippen LogP contribution in [0, 0.1) is 0 Å². The Morgan fingerprint density at radius 1 is 1.21 bits per heavy atom. The molecule has 0 unspecified atom stereocenters. The highest BCUT2D eigenvalue weighted by molar-refractivity contribution is 5.85. The number of hydrogen-bond donors (Lipinski definition) is 1. The molecule has 6 heteroatoms. The fourth-order valence-electron chi connectivity index (χ4n) is 1.69. The van der Waals surface area contributed by atoms with Gasteiger partial charge in [-0.2, -0.15) is 5.10 Å². The van der Waals surface area contributed by atoms with Crippen molar-refractivity contribution in [3.8, 4) is 0 Å². The lowest BCUT2D eigenvalue weighted by atomic mass is 10.1. The quantitative estimate of drug-likeness (QED) is 0.884. The molecular formula is C13H16ClF2N3. The van der Waals surface area contributed by atoms with Crippen LogP contribution in [-0.4, -0.2) is 22.8 Å². The second kappa shape index (κ2) is 7.74. The van der Waals surface area contributed by atoms with E-state index < -0.39 is 6.43 Å². The molecule has 1 aromatic heterocycles. The first-order valence-electron chi connectivity index (χ1n) is 5.82. The zero-order valence-corrected chi connectivity index (χ0v) is 11.1. The number of halogens is 3. The summed E-state index contributed by atoms with van der Waals surface area (Å²) in [6.45, 7) is 0.394. The van der Waals surface area contributed by atoms with Crippen LogP contribution >= 0.6 is 12.4 Å². The molecule has 0 fully saturated rings. The molecule has 0 bridgehead atoms. The summed E-state index contributed by atoms with van der Waals surface area (Å²) in [6, 6.07) is 10.1. The fourth-order valence-corrected chi connectivity index (χ4v) is 1.69. The predicted octanol–water partition coefficient (Wildman–Crippen LogP) is 3.22. The van der Waals surface area contributed by atoms with E-state index in [4.69, 9.17) is 0 Å². The Labute approximate surface area is 117 Å². The van der Waals surface area contributed by atoms with E-state index in [0.29, 0.717) is 0 Å². The van der Waals surface area contributed by atoms with E-state index in [9.17, 15) is 8.78 Å². The smallest absolute Gasteiger partial charge is 0.257 e. The zero-order chi connectivity index (χ0) is 12.8. The summed E-state index contributed by atoms with van der Waals surface area (Å²) in [5.41, 5.74) is 2.01. The molecule has 0 saturated carbocycles. The molecule has 0 aliphatic carbocycles. The van der Waals surface area contributed by atoms with Crippen LogP contribution in [-0.2, 0) is 13.0 Å². The molecule has 0 aliphatic heterocycles. The highest BCUT2D eigenvalue weighted by Gasteiger charge is 2.05. The van der Waals surface area contributed by atoms with Gasteiger partial charge in [-0.05, 0) is 12.0 Å². The Hall–Kier alpha value is -1.62. The van der Waals surface area contributed by atoms with Gasteiger partial charge in [-0.25, -0.2) is 8.78 Å². The van der Waals surface area contributed by atoms with Crippen LogP contribution in [0.2, 0.25) is 0 Å². The Bertz CT molecular complexity index is 474. The average Bonchev–Trinajstić information content (AvgIpc) is 2.77. The molecule has 3 nitrogen and oxygen atoms in total. The van der Waals surface area contributed by atoms with Crippen molar-refractivity contribution in [1.82, 2.24) is 9.78 Å². The van der Waals surface area contributed by atoms with Crippen LogP contribution in [0.3, 0.4) is 0 Å². The maximum absolute atomic E-state index is 12.1. The average molecular weight is 288 g/mol. The van der Waals surface area contributed by atoms with Crippen LogP contribution in [0.1, 0.15) is 5.56 Å². The second-order valence-electron chi connectivity index (χ2n) is 4.00. The van der Waals surface area contributed by atoms with E-state index in [1.165, 1.54) is 10.2 Å². The molecule has 0 aliphatic rings. The second-order valence-corrected chi connectivity index (χ2v) is 4.00. The van der Waals surface area contributed by atoms with Crippen LogP contribution in [0.4, 0.5) is 14.5 Å². The van der Waals surface area contributed by atoms with Crippen molar-refractivity contribution in [3.05, 3.63) is 48.3 Å². The summed E-state index contributed by atoms with van der Waals surface area (Å²) in [5.74, 6) is 0. The number of alkyl halides is 2. The van der Waals surface area contributed by atoms with Crippen molar-refractivity contribution < 1.29 is 8.78 Å². The number of benzene rings is 1. The standard InChI is InChI=1S/C13H15F2N3.ClH/c14-13(15)10-18-9-12(8-17-18)16-7-6-11-4-2-1-3-5-11;/h1-5,8-9,13,16H,6-7,10H2;1H. The zero-order valence-electron chi connectivity index (χ0n) is 10.3. The third kappa shape index (κ3) is 5.26. The Morgan fingerprint density at radius 2 is 1.95 bits per heavy atom. The lowest BCUT2D eigenvalue weighted by Crippen LogP contribution is -2.07. The van der Waals surface area contributed by atoms with E-state index in [2.05, 4.69) is 22.5 Å². The molecule has 1 N–H and O–H groups in total. The van der Waals surface area contributed by atoms with E-state index in [1.54, 1.807) is 12.4 Å². The summed E-state index contributed by atoms with van der Waals surface area (Å²) in [5, 5.41) is 7.01. The Kier molecular flexibility index (Phi) is 6.29. The Morgan fingerprint density at radius 3 is 2.63 bits per heavy atom. The molecule has 0 saturated heterocycles. The molecule has 1 aromatic carbocycles. The molecule has 104 valence electrons. The summed E-state index contributed by atoms with van der Waals surface area (Å²) in [7, 11) is 0. The number of nitrogens with one attached hydrogen (secondary N) is 1. The van der Waals surface area contributed by atoms with Gasteiger partial charge in [0.1, 0.15) is 6.54 Å². The van der Waals surface area contributed by atoms with Gasteiger partial charge >= 0.3 is 0 Å². The minimum atomic E-state index is -2.37. The van der Waals surface area contributed by atoms with Crippen molar-refractivity contribution >= 4 is 18.1 Å².